The SMILES string of the molecule is COc1ccccc1NC(=O)CNCC1CC=CCC1. The summed E-state index contributed by atoms with van der Waals surface area (Å²) in [5.41, 5.74) is 0.711. The topological polar surface area (TPSA) is 50.4 Å². The summed E-state index contributed by atoms with van der Waals surface area (Å²) in [6, 6.07) is 7.42. The molecule has 0 heterocycles. The minimum atomic E-state index is -0.0409. The van der Waals surface area contributed by atoms with Gasteiger partial charge in [-0.15, -0.1) is 0 Å². The Labute approximate surface area is 120 Å². The van der Waals surface area contributed by atoms with E-state index in [9.17, 15) is 4.79 Å². The van der Waals surface area contributed by atoms with Gasteiger partial charge >= 0.3 is 0 Å². The molecule has 1 aliphatic rings. The van der Waals surface area contributed by atoms with E-state index in [0.29, 0.717) is 23.9 Å². The van der Waals surface area contributed by atoms with Gasteiger partial charge in [-0.1, -0.05) is 24.3 Å². The van der Waals surface area contributed by atoms with Crippen LogP contribution >= 0.6 is 0 Å². The Kier molecular flexibility index (Phi) is 5.62. The van der Waals surface area contributed by atoms with Crippen LogP contribution in [0, 0.1) is 5.92 Å². The van der Waals surface area contributed by atoms with Gasteiger partial charge in [-0.05, 0) is 43.9 Å². The predicted molar refractivity (Wildman–Crippen MR) is 81.0 cm³/mol. The molecular formula is C16H22N2O2. The zero-order chi connectivity index (χ0) is 14.2. The van der Waals surface area contributed by atoms with E-state index in [-0.39, 0.29) is 5.91 Å². The molecule has 0 saturated heterocycles. The van der Waals surface area contributed by atoms with Gasteiger partial charge in [0, 0.05) is 0 Å². The molecule has 4 heteroatoms. The van der Waals surface area contributed by atoms with Gasteiger partial charge in [0.2, 0.25) is 5.91 Å². The number of ether oxygens (including phenoxy) is 1. The number of hydrogen-bond acceptors (Lipinski definition) is 3. The standard InChI is InChI=1S/C16H22N2O2/c1-20-15-10-6-5-9-14(15)18-16(19)12-17-11-13-7-3-2-4-8-13/h2-3,5-6,9-10,13,17H,4,7-8,11-12H2,1H3,(H,18,19). The lowest BCUT2D eigenvalue weighted by molar-refractivity contribution is -0.115. The van der Waals surface area contributed by atoms with Crippen molar-refractivity contribution in [1.82, 2.24) is 5.32 Å². The molecule has 4 nitrogen and oxygen atoms in total. The van der Waals surface area contributed by atoms with E-state index in [2.05, 4.69) is 22.8 Å². The molecule has 20 heavy (non-hydrogen) atoms. The van der Waals surface area contributed by atoms with Gasteiger partial charge in [0.05, 0.1) is 19.3 Å². The first-order chi connectivity index (χ1) is 9.79. The molecule has 1 atom stereocenters. The summed E-state index contributed by atoms with van der Waals surface area (Å²) in [7, 11) is 1.60. The fraction of sp³-hybridized carbons (Fsp3) is 0.438. The Hall–Kier alpha value is -1.81. The van der Waals surface area contributed by atoms with Crippen molar-refractivity contribution in [3.05, 3.63) is 36.4 Å². The predicted octanol–water partition coefficient (Wildman–Crippen LogP) is 2.58. The number of benzene rings is 1. The Bertz CT molecular complexity index is 471. The average molecular weight is 274 g/mol. The molecule has 0 aromatic heterocycles. The minimum Gasteiger partial charge on any atom is -0.495 e. The molecule has 1 aromatic carbocycles. The molecule has 0 bridgehead atoms. The minimum absolute atomic E-state index is 0.0409. The smallest absolute Gasteiger partial charge is 0.238 e. The summed E-state index contributed by atoms with van der Waals surface area (Å²) in [6.45, 7) is 1.22. The van der Waals surface area contributed by atoms with Crippen molar-refractivity contribution in [1.29, 1.82) is 0 Å². The number of carbonyl (C=O) groups is 1. The molecule has 1 unspecified atom stereocenters. The van der Waals surface area contributed by atoms with Crippen molar-refractivity contribution in [2.24, 2.45) is 5.92 Å². The second-order valence-electron chi connectivity index (χ2n) is 5.03. The molecule has 0 fully saturated rings. The van der Waals surface area contributed by atoms with Gasteiger partial charge in [0.25, 0.3) is 0 Å². The number of anilines is 1. The maximum atomic E-state index is 11.9. The summed E-state index contributed by atoms with van der Waals surface area (Å²) in [4.78, 5) is 11.9. The van der Waals surface area contributed by atoms with Crippen LogP contribution in [-0.2, 0) is 4.79 Å². The summed E-state index contributed by atoms with van der Waals surface area (Å²) in [5, 5.41) is 6.08. The molecule has 108 valence electrons. The Balaban J connectivity index is 1.73. The van der Waals surface area contributed by atoms with Gasteiger partial charge in [-0.25, -0.2) is 0 Å². The van der Waals surface area contributed by atoms with Gasteiger partial charge in [0.15, 0.2) is 0 Å². The number of allylic oxidation sites excluding steroid dienone is 2. The Morgan fingerprint density at radius 3 is 2.95 bits per heavy atom. The highest BCUT2D eigenvalue weighted by Gasteiger charge is 2.11. The van der Waals surface area contributed by atoms with Crippen LogP contribution < -0.4 is 15.4 Å². The van der Waals surface area contributed by atoms with Crippen LogP contribution in [0.3, 0.4) is 0 Å². The van der Waals surface area contributed by atoms with E-state index in [1.165, 1.54) is 6.42 Å². The van der Waals surface area contributed by atoms with E-state index in [0.717, 1.165) is 19.4 Å². The quantitative estimate of drug-likeness (QED) is 0.784. The maximum absolute atomic E-state index is 11.9. The lowest BCUT2D eigenvalue weighted by atomic mass is 9.94. The Morgan fingerprint density at radius 1 is 1.35 bits per heavy atom. The lowest BCUT2D eigenvalue weighted by Crippen LogP contribution is -2.32. The number of hydrogen-bond donors (Lipinski definition) is 2. The summed E-state index contributed by atoms with van der Waals surface area (Å²) >= 11 is 0. The number of nitrogens with one attached hydrogen (secondary N) is 2. The third kappa shape index (κ3) is 4.38. The zero-order valence-electron chi connectivity index (χ0n) is 11.9. The van der Waals surface area contributed by atoms with Crippen molar-refractivity contribution < 1.29 is 9.53 Å². The van der Waals surface area contributed by atoms with Gasteiger partial charge in [0.1, 0.15) is 5.75 Å². The highest BCUT2D eigenvalue weighted by molar-refractivity contribution is 5.93. The van der Waals surface area contributed by atoms with E-state index < -0.39 is 0 Å². The van der Waals surface area contributed by atoms with Crippen molar-refractivity contribution in [2.45, 2.75) is 19.3 Å². The normalized spacial score (nSPS) is 17.8. The third-order valence-corrected chi connectivity index (χ3v) is 3.48. The van der Waals surface area contributed by atoms with E-state index in [1.807, 2.05) is 24.3 Å². The van der Waals surface area contributed by atoms with Crippen molar-refractivity contribution in [3.8, 4) is 5.75 Å². The molecule has 0 saturated carbocycles. The van der Waals surface area contributed by atoms with E-state index in [4.69, 9.17) is 4.74 Å². The highest BCUT2D eigenvalue weighted by Crippen LogP contribution is 2.22. The second-order valence-corrected chi connectivity index (χ2v) is 5.03. The first-order valence-corrected chi connectivity index (χ1v) is 7.08. The number of rotatable bonds is 6. The molecule has 1 aliphatic carbocycles. The molecule has 1 aromatic rings. The van der Waals surface area contributed by atoms with Crippen LogP contribution in [-0.4, -0.2) is 26.1 Å². The molecule has 2 N–H and O–H groups in total. The Morgan fingerprint density at radius 2 is 2.20 bits per heavy atom. The molecular weight excluding hydrogens is 252 g/mol. The summed E-state index contributed by atoms with van der Waals surface area (Å²) in [5.74, 6) is 1.29. The maximum Gasteiger partial charge on any atom is 0.238 e. The van der Waals surface area contributed by atoms with Gasteiger partial charge in [-0.2, -0.15) is 0 Å². The van der Waals surface area contributed by atoms with Crippen molar-refractivity contribution in [2.75, 3.05) is 25.5 Å². The van der Waals surface area contributed by atoms with E-state index in [1.54, 1.807) is 7.11 Å². The van der Waals surface area contributed by atoms with Crippen molar-refractivity contribution >= 4 is 11.6 Å². The second kappa shape index (κ2) is 7.70. The molecule has 0 radical (unpaired) electrons. The first kappa shape index (κ1) is 14.6. The average Bonchev–Trinajstić information content (AvgIpc) is 2.49. The molecule has 2 rings (SSSR count). The number of amides is 1. The summed E-state index contributed by atoms with van der Waals surface area (Å²) in [6.07, 6.45) is 7.92. The fourth-order valence-electron chi connectivity index (χ4n) is 2.37. The molecule has 1 amide bonds. The van der Waals surface area contributed by atoms with E-state index >= 15 is 0 Å². The highest BCUT2D eigenvalue weighted by atomic mass is 16.5. The van der Waals surface area contributed by atoms with Crippen LogP contribution in [0.5, 0.6) is 5.75 Å². The van der Waals surface area contributed by atoms with Crippen LogP contribution in [0.15, 0.2) is 36.4 Å². The lowest BCUT2D eigenvalue weighted by Gasteiger charge is -2.18. The number of carbonyl (C=O) groups excluding carboxylic acids is 1. The first-order valence-electron chi connectivity index (χ1n) is 7.08. The largest absolute Gasteiger partial charge is 0.495 e. The molecule has 0 aliphatic heterocycles. The zero-order valence-corrected chi connectivity index (χ0v) is 11.9. The van der Waals surface area contributed by atoms with Gasteiger partial charge < -0.3 is 15.4 Å². The third-order valence-electron chi connectivity index (χ3n) is 3.48. The van der Waals surface area contributed by atoms with Crippen LogP contribution in [0.1, 0.15) is 19.3 Å². The fourth-order valence-corrected chi connectivity index (χ4v) is 2.37. The number of para-hydroxylation sites is 2. The van der Waals surface area contributed by atoms with Crippen LogP contribution in [0.25, 0.3) is 0 Å². The van der Waals surface area contributed by atoms with Crippen LogP contribution in [0.2, 0.25) is 0 Å². The summed E-state index contributed by atoms with van der Waals surface area (Å²) < 4.78 is 5.20. The molecule has 0 spiro atoms. The van der Waals surface area contributed by atoms with Crippen molar-refractivity contribution in [3.63, 3.8) is 0 Å². The number of methoxy groups -OCH3 is 1. The van der Waals surface area contributed by atoms with Gasteiger partial charge in [-0.3, -0.25) is 4.79 Å². The van der Waals surface area contributed by atoms with Crippen LogP contribution in [0.4, 0.5) is 5.69 Å². The monoisotopic (exact) mass is 274 g/mol.